The second-order valence-corrected chi connectivity index (χ2v) is 6.18. The molecule has 98 valence electrons. The van der Waals surface area contributed by atoms with Crippen molar-refractivity contribution in [3.8, 4) is 0 Å². The highest BCUT2D eigenvalue weighted by molar-refractivity contribution is 9.10. The normalized spacial score (nSPS) is 13.0. The van der Waals surface area contributed by atoms with Crippen LogP contribution >= 0.6 is 38.9 Å². The highest BCUT2D eigenvalue weighted by atomic mass is 79.9. The molecule has 0 aliphatic carbocycles. The van der Waals surface area contributed by atoms with Gasteiger partial charge >= 0.3 is 0 Å². The summed E-state index contributed by atoms with van der Waals surface area (Å²) in [6, 6.07) is 2.02. The maximum absolute atomic E-state index is 6.01. The van der Waals surface area contributed by atoms with E-state index in [4.69, 9.17) is 11.6 Å². The summed E-state index contributed by atoms with van der Waals surface area (Å²) in [6.07, 6.45) is 3.58. The lowest BCUT2D eigenvalue weighted by atomic mass is 10.3. The Bertz CT molecular complexity index is 710. The van der Waals surface area contributed by atoms with E-state index in [0.717, 1.165) is 26.5 Å². The monoisotopic (exact) mass is 356 g/mol. The number of thiazole rings is 1. The zero-order valence-electron chi connectivity index (χ0n) is 10.0. The van der Waals surface area contributed by atoms with Crippen LogP contribution in [-0.4, -0.2) is 19.5 Å². The highest BCUT2D eigenvalue weighted by Crippen LogP contribution is 2.27. The zero-order chi connectivity index (χ0) is 13.4. The quantitative estimate of drug-likeness (QED) is 0.666. The van der Waals surface area contributed by atoms with Crippen molar-refractivity contribution in [2.24, 2.45) is 0 Å². The predicted octanol–water partition coefficient (Wildman–Crippen LogP) is 4.00. The van der Waals surface area contributed by atoms with Gasteiger partial charge in [0.1, 0.15) is 16.3 Å². The lowest BCUT2D eigenvalue weighted by Crippen LogP contribution is -2.10. The first kappa shape index (κ1) is 13.0. The van der Waals surface area contributed by atoms with Gasteiger partial charge in [0.15, 0.2) is 5.65 Å². The summed E-state index contributed by atoms with van der Waals surface area (Å²) in [6.45, 7) is 2.08. The standard InChI is InChI=1S/C12H10BrClN4S/c1-7(12-15-2-3-19-12)18-10(5-14)17-9-4-8(13)6-16-11(9)18/h2-4,6-7H,5H2,1H3. The van der Waals surface area contributed by atoms with Crippen molar-refractivity contribution in [3.05, 3.63) is 39.1 Å². The van der Waals surface area contributed by atoms with Gasteiger partial charge < -0.3 is 4.57 Å². The first-order valence-corrected chi connectivity index (χ1v) is 7.89. The van der Waals surface area contributed by atoms with E-state index < -0.39 is 0 Å². The zero-order valence-corrected chi connectivity index (χ0v) is 13.2. The van der Waals surface area contributed by atoms with Gasteiger partial charge in [0.25, 0.3) is 0 Å². The molecule has 19 heavy (non-hydrogen) atoms. The van der Waals surface area contributed by atoms with Crippen LogP contribution in [0.2, 0.25) is 0 Å². The number of alkyl halides is 1. The summed E-state index contributed by atoms with van der Waals surface area (Å²) in [5.41, 5.74) is 1.68. The van der Waals surface area contributed by atoms with Gasteiger partial charge in [0.05, 0.1) is 11.9 Å². The molecule has 0 saturated carbocycles. The van der Waals surface area contributed by atoms with Crippen molar-refractivity contribution in [1.82, 2.24) is 19.5 Å². The molecule has 0 aliphatic rings. The highest BCUT2D eigenvalue weighted by Gasteiger charge is 2.19. The minimum Gasteiger partial charge on any atom is -0.302 e. The molecule has 0 bridgehead atoms. The van der Waals surface area contributed by atoms with Crippen LogP contribution in [0.4, 0.5) is 0 Å². The van der Waals surface area contributed by atoms with Crippen molar-refractivity contribution in [3.63, 3.8) is 0 Å². The summed E-state index contributed by atoms with van der Waals surface area (Å²) >= 11 is 11.0. The first-order valence-electron chi connectivity index (χ1n) is 5.68. The molecule has 4 nitrogen and oxygen atoms in total. The largest absolute Gasteiger partial charge is 0.302 e. The molecule has 0 aliphatic heterocycles. The molecule has 1 atom stereocenters. The van der Waals surface area contributed by atoms with E-state index in [1.54, 1.807) is 23.7 Å². The molecule has 1 unspecified atom stereocenters. The number of hydrogen-bond acceptors (Lipinski definition) is 4. The molecule has 7 heteroatoms. The third kappa shape index (κ3) is 2.28. The topological polar surface area (TPSA) is 43.6 Å². The number of fused-ring (bicyclic) bond motifs is 1. The molecular weight excluding hydrogens is 348 g/mol. The van der Waals surface area contributed by atoms with E-state index in [1.807, 2.05) is 16.0 Å². The van der Waals surface area contributed by atoms with Gasteiger partial charge in [-0.25, -0.2) is 15.0 Å². The van der Waals surface area contributed by atoms with E-state index in [1.165, 1.54) is 0 Å². The van der Waals surface area contributed by atoms with E-state index in [9.17, 15) is 0 Å². The van der Waals surface area contributed by atoms with Gasteiger partial charge in [-0.2, -0.15) is 0 Å². The third-order valence-electron chi connectivity index (χ3n) is 2.89. The summed E-state index contributed by atoms with van der Waals surface area (Å²) in [4.78, 5) is 13.4. The second-order valence-electron chi connectivity index (χ2n) is 4.07. The number of nitrogens with zero attached hydrogens (tertiary/aromatic N) is 4. The predicted molar refractivity (Wildman–Crippen MR) is 80.7 cm³/mol. The van der Waals surface area contributed by atoms with Crippen molar-refractivity contribution < 1.29 is 0 Å². The summed E-state index contributed by atoms with van der Waals surface area (Å²) in [5, 5.41) is 2.99. The van der Waals surface area contributed by atoms with Gasteiger partial charge in [0.2, 0.25) is 0 Å². The fourth-order valence-corrected chi connectivity index (χ4v) is 3.25. The van der Waals surface area contributed by atoms with E-state index >= 15 is 0 Å². The van der Waals surface area contributed by atoms with Crippen LogP contribution in [0.15, 0.2) is 28.3 Å². The molecule has 0 N–H and O–H groups in total. The molecule has 0 fully saturated rings. The van der Waals surface area contributed by atoms with Gasteiger partial charge in [-0.1, -0.05) is 0 Å². The van der Waals surface area contributed by atoms with E-state index in [2.05, 4.69) is 37.8 Å². The van der Waals surface area contributed by atoms with Crippen LogP contribution in [-0.2, 0) is 5.88 Å². The summed E-state index contributed by atoms with van der Waals surface area (Å²) in [7, 11) is 0. The average molecular weight is 358 g/mol. The fraction of sp³-hybridized carbons (Fsp3) is 0.250. The van der Waals surface area contributed by atoms with E-state index in [0.29, 0.717) is 5.88 Å². The van der Waals surface area contributed by atoms with Crippen molar-refractivity contribution in [1.29, 1.82) is 0 Å². The Balaban J connectivity index is 2.21. The first-order chi connectivity index (χ1) is 9.20. The lowest BCUT2D eigenvalue weighted by Gasteiger charge is -2.13. The minimum absolute atomic E-state index is 0.0763. The van der Waals surface area contributed by atoms with Crippen LogP contribution in [0.5, 0.6) is 0 Å². The van der Waals surface area contributed by atoms with Gasteiger partial charge in [0, 0.05) is 22.2 Å². The Hall–Kier alpha value is -0.980. The number of pyridine rings is 1. The Morgan fingerprint density at radius 2 is 2.32 bits per heavy atom. The number of imidazole rings is 1. The molecule has 0 spiro atoms. The Labute approximate surface area is 127 Å². The number of halogens is 2. The molecule has 3 rings (SSSR count). The second kappa shape index (κ2) is 5.19. The molecule has 3 aromatic heterocycles. The molecular formula is C12H10BrClN4S. The summed E-state index contributed by atoms with van der Waals surface area (Å²) in [5.74, 6) is 1.16. The minimum atomic E-state index is 0.0763. The van der Waals surface area contributed by atoms with Crippen molar-refractivity contribution in [2.75, 3.05) is 0 Å². The van der Waals surface area contributed by atoms with Gasteiger partial charge in [-0.15, -0.1) is 22.9 Å². The van der Waals surface area contributed by atoms with Crippen molar-refractivity contribution in [2.45, 2.75) is 18.8 Å². The Kier molecular flexibility index (Phi) is 3.56. The van der Waals surface area contributed by atoms with Crippen LogP contribution in [0.25, 0.3) is 11.2 Å². The van der Waals surface area contributed by atoms with Crippen LogP contribution in [0, 0.1) is 0 Å². The maximum atomic E-state index is 6.01. The molecule has 0 radical (unpaired) electrons. The molecule has 0 amide bonds. The number of aromatic nitrogens is 4. The maximum Gasteiger partial charge on any atom is 0.160 e. The van der Waals surface area contributed by atoms with Crippen LogP contribution in [0.3, 0.4) is 0 Å². The van der Waals surface area contributed by atoms with Crippen molar-refractivity contribution >= 4 is 50.0 Å². The third-order valence-corrected chi connectivity index (χ3v) is 4.50. The van der Waals surface area contributed by atoms with Crippen LogP contribution in [0.1, 0.15) is 23.8 Å². The molecule has 0 saturated heterocycles. The Morgan fingerprint density at radius 1 is 1.47 bits per heavy atom. The molecule has 3 aromatic rings. The van der Waals surface area contributed by atoms with Gasteiger partial charge in [-0.05, 0) is 28.9 Å². The number of rotatable bonds is 3. The molecule has 0 aromatic carbocycles. The lowest BCUT2D eigenvalue weighted by molar-refractivity contribution is 0.625. The van der Waals surface area contributed by atoms with Crippen LogP contribution < -0.4 is 0 Å². The fourth-order valence-electron chi connectivity index (χ4n) is 2.06. The van der Waals surface area contributed by atoms with Gasteiger partial charge in [-0.3, -0.25) is 0 Å². The summed E-state index contributed by atoms with van der Waals surface area (Å²) < 4.78 is 2.96. The number of hydrogen-bond donors (Lipinski definition) is 0. The average Bonchev–Trinajstić information content (AvgIpc) is 3.04. The SMILES string of the molecule is CC(c1nccs1)n1c(CCl)nc2cc(Br)cnc21. The Morgan fingerprint density at radius 3 is 3.00 bits per heavy atom. The smallest absolute Gasteiger partial charge is 0.160 e. The molecule has 3 heterocycles. The van der Waals surface area contributed by atoms with E-state index in [-0.39, 0.29) is 6.04 Å².